The topological polar surface area (TPSA) is 72.5 Å². The van der Waals surface area contributed by atoms with Crippen molar-refractivity contribution in [3.63, 3.8) is 0 Å². The largest absolute Gasteiger partial charge is 0.493 e. The number of hydrogen-bond donors (Lipinski definition) is 0. The second-order valence-corrected chi connectivity index (χ2v) is 6.36. The highest BCUT2D eigenvalue weighted by molar-refractivity contribution is 5.70. The Morgan fingerprint density at radius 1 is 1.07 bits per heavy atom. The van der Waals surface area contributed by atoms with Crippen molar-refractivity contribution >= 4 is 5.97 Å². The first-order valence-electron chi connectivity index (χ1n) is 9.02. The Bertz CT molecular complexity index is 857. The molecule has 0 aromatic heterocycles. The van der Waals surface area contributed by atoms with E-state index in [9.17, 15) is 9.18 Å². The van der Waals surface area contributed by atoms with Crippen molar-refractivity contribution in [2.75, 3.05) is 28.1 Å². The van der Waals surface area contributed by atoms with Gasteiger partial charge < -0.3 is 28.4 Å². The van der Waals surface area contributed by atoms with E-state index in [4.69, 9.17) is 28.4 Å². The Kier molecular flexibility index (Phi) is 6.77. The van der Waals surface area contributed by atoms with Crippen LogP contribution in [0.2, 0.25) is 0 Å². The molecule has 0 aliphatic carbocycles. The average molecular weight is 406 g/mol. The van der Waals surface area contributed by atoms with Crippen LogP contribution in [-0.2, 0) is 33.9 Å². The van der Waals surface area contributed by atoms with Gasteiger partial charge in [-0.3, -0.25) is 4.79 Å². The minimum atomic E-state index is -0.429. The van der Waals surface area contributed by atoms with Crippen molar-refractivity contribution in [1.29, 1.82) is 0 Å². The molecule has 0 atom stereocenters. The fraction of sp³-hybridized carbons (Fsp3) is 0.381. The molecule has 2 aromatic rings. The molecule has 29 heavy (non-hydrogen) atoms. The van der Waals surface area contributed by atoms with Crippen LogP contribution in [-0.4, -0.2) is 34.1 Å². The van der Waals surface area contributed by atoms with Crippen molar-refractivity contribution in [1.82, 2.24) is 0 Å². The van der Waals surface area contributed by atoms with E-state index in [1.165, 1.54) is 33.5 Å². The fourth-order valence-corrected chi connectivity index (χ4v) is 3.12. The molecule has 0 N–H and O–H groups in total. The zero-order chi connectivity index (χ0) is 20.8. The number of carbonyl (C=O) groups excluding carboxylic acids is 1. The highest BCUT2D eigenvalue weighted by Crippen LogP contribution is 2.38. The number of carbonyl (C=O) groups is 1. The molecule has 156 valence electrons. The second-order valence-electron chi connectivity index (χ2n) is 6.36. The molecule has 8 heteroatoms. The molecule has 1 aliphatic rings. The first kappa shape index (κ1) is 20.7. The molecule has 3 rings (SSSR count). The summed E-state index contributed by atoms with van der Waals surface area (Å²) in [6.45, 7) is 0.268. The van der Waals surface area contributed by atoms with E-state index in [2.05, 4.69) is 0 Å². The molecule has 0 saturated carbocycles. The van der Waals surface area contributed by atoms with E-state index >= 15 is 0 Å². The van der Waals surface area contributed by atoms with Gasteiger partial charge in [0.1, 0.15) is 18.2 Å². The van der Waals surface area contributed by atoms with Gasteiger partial charge in [-0.2, -0.15) is 0 Å². The quantitative estimate of drug-likeness (QED) is 0.622. The van der Waals surface area contributed by atoms with E-state index in [0.717, 1.165) is 5.56 Å². The third-order valence-electron chi connectivity index (χ3n) is 4.48. The SMILES string of the molecule is COc1cc(CCC(=O)OCc2cc(F)cc3c2OCOC3)cc(OC)c1OC. The molecule has 1 aliphatic heterocycles. The Labute approximate surface area is 168 Å². The van der Waals surface area contributed by atoms with E-state index in [1.54, 1.807) is 12.1 Å². The third kappa shape index (κ3) is 4.89. The Hall–Kier alpha value is -3.00. The van der Waals surface area contributed by atoms with Gasteiger partial charge in [0.25, 0.3) is 0 Å². The fourth-order valence-electron chi connectivity index (χ4n) is 3.12. The minimum Gasteiger partial charge on any atom is -0.493 e. The smallest absolute Gasteiger partial charge is 0.306 e. The van der Waals surface area contributed by atoms with Crippen LogP contribution in [0.25, 0.3) is 0 Å². The number of aryl methyl sites for hydroxylation is 1. The van der Waals surface area contributed by atoms with Crippen LogP contribution in [0.1, 0.15) is 23.1 Å². The maximum atomic E-state index is 13.8. The van der Waals surface area contributed by atoms with Crippen molar-refractivity contribution in [3.8, 4) is 23.0 Å². The van der Waals surface area contributed by atoms with Crippen molar-refractivity contribution in [3.05, 3.63) is 46.8 Å². The third-order valence-corrected chi connectivity index (χ3v) is 4.48. The zero-order valence-electron chi connectivity index (χ0n) is 16.6. The van der Waals surface area contributed by atoms with Crippen LogP contribution in [0, 0.1) is 5.82 Å². The molecule has 7 nitrogen and oxygen atoms in total. The maximum Gasteiger partial charge on any atom is 0.306 e. The predicted molar refractivity (Wildman–Crippen MR) is 101 cm³/mol. The van der Waals surface area contributed by atoms with Gasteiger partial charge in [0.05, 0.1) is 27.9 Å². The van der Waals surface area contributed by atoms with Gasteiger partial charge in [-0.05, 0) is 36.2 Å². The zero-order valence-corrected chi connectivity index (χ0v) is 16.6. The van der Waals surface area contributed by atoms with Crippen molar-refractivity contribution < 1.29 is 37.6 Å². The van der Waals surface area contributed by atoms with Crippen LogP contribution >= 0.6 is 0 Å². The number of rotatable bonds is 8. The average Bonchev–Trinajstić information content (AvgIpc) is 2.74. The van der Waals surface area contributed by atoms with Crippen LogP contribution in [0.15, 0.2) is 24.3 Å². The Balaban J connectivity index is 1.62. The summed E-state index contributed by atoms with van der Waals surface area (Å²) in [4.78, 5) is 12.2. The lowest BCUT2D eigenvalue weighted by Gasteiger charge is -2.20. The second kappa shape index (κ2) is 9.47. The molecule has 0 bridgehead atoms. The molecule has 0 fully saturated rings. The molecule has 2 aromatic carbocycles. The number of benzene rings is 2. The maximum absolute atomic E-state index is 13.8. The molecule has 0 amide bonds. The number of hydrogen-bond acceptors (Lipinski definition) is 7. The molecule has 0 spiro atoms. The van der Waals surface area contributed by atoms with Crippen molar-refractivity contribution in [2.24, 2.45) is 0 Å². The summed E-state index contributed by atoms with van der Waals surface area (Å²) in [5.41, 5.74) is 1.91. The van der Waals surface area contributed by atoms with Gasteiger partial charge in [-0.15, -0.1) is 0 Å². The van der Waals surface area contributed by atoms with E-state index < -0.39 is 11.8 Å². The number of halogens is 1. The number of esters is 1. The van der Waals surface area contributed by atoms with Gasteiger partial charge in [0.2, 0.25) is 5.75 Å². The van der Waals surface area contributed by atoms with Gasteiger partial charge >= 0.3 is 5.97 Å². The molecule has 0 unspecified atom stereocenters. The highest BCUT2D eigenvalue weighted by atomic mass is 19.1. The van der Waals surface area contributed by atoms with Gasteiger partial charge in [0.15, 0.2) is 18.3 Å². The Morgan fingerprint density at radius 3 is 2.45 bits per heavy atom. The first-order valence-corrected chi connectivity index (χ1v) is 9.02. The first-order chi connectivity index (χ1) is 14.0. The molecule has 0 radical (unpaired) electrons. The summed E-state index contributed by atoms with van der Waals surface area (Å²) in [6.07, 6.45) is 0.557. The minimum absolute atomic E-state index is 0.0752. The number of fused-ring (bicyclic) bond motifs is 1. The molecular formula is C21H23FO7. The summed E-state index contributed by atoms with van der Waals surface area (Å²) in [5.74, 6) is 1.18. The summed E-state index contributed by atoms with van der Waals surface area (Å²) in [6, 6.07) is 6.22. The standard InChI is InChI=1S/C21H23FO7/c1-24-17-6-13(7-18(25-2)21(17)26-3)4-5-19(23)28-11-15-9-16(22)8-14-10-27-12-29-20(14)15/h6-9H,4-5,10-12H2,1-3H3. The Morgan fingerprint density at radius 2 is 1.79 bits per heavy atom. The summed E-state index contributed by atoms with van der Waals surface area (Å²) < 4.78 is 45.6. The van der Waals surface area contributed by atoms with Crippen LogP contribution in [0.4, 0.5) is 4.39 Å². The molecule has 0 saturated heterocycles. The molecule has 1 heterocycles. The number of ether oxygens (including phenoxy) is 6. The summed E-state index contributed by atoms with van der Waals surface area (Å²) >= 11 is 0. The van der Waals surface area contributed by atoms with E-state index in [-0.39, 0.29) is 26.4 Å². The lowest BCUT2D eigenvalue weighted by atomic mass is 10.1. The van der Waals surface area contributed by atoms with Crippen molar-refractivity contribution in [2.45, 2.75) is 26.1 Å². The van der Waals surface area contributed by atoms with Gasteiger partial charge in [-0.1, -0.05) is 0 Å². The normalized spacial score (nSPS) is 12.6. The highest BCUT2D eigenvalue weighted by Gasteiger charge is 2.18. The van der Waals surface area contributed by atoms with Gasteiger partial charge in [0, 0.05) is 17.5 Å². The van der Waals surface area contributed by atoms with Crippen LogP contribution in [0.3, 0.4) is 0 Å². The van der Waals surface area contributed by atoms with E-state index in [1.807, 2.05) is 0 Å². The lowest BCUT2D eigenvalue weighted by Crippen LogP contribution is -2.15. The van der Waals surface area contributed by atoms with Crippen LogP contribution < -0.4 is 18.9 Å². The van der Waals surface area contributed by atoms with Gasteiger partial charge in [-0.25, -0.2) is 4.39 Å². The monoisotopic (exact) mass is 406 g/mol. The summed E-state index contributed by atoms with van der Waals surface area (Å²) in [5, 5.41) is 0. The molecular weight excluding hydrogens is 383 g/mol. The predicted octanol–water partition coefficient (Wildman–Crippen LogP) is 3.39. The lowest BCUT2D eigenvalue weighted by molar-refractivity contribution is -0.145. The van der Waals surface area contributed by atoms with E-state index in [0.29, 0.717) is 40.5 Å². The summed E-state index contributed by atoms with van der Waals surface area (Å²) in [7, 11) is 4.59. The van der Waals surface area contributed by atoms with Crippen LogP contribution in [0.5, 0.6) is 23.0 Å². The number of methoxy groups -OCH3 is 3.